The number of fused-ring (bicyclic) bond motifs is 1. The summed E-state index contributed by atoms with van der Waals surface area (Å²) in [5, 5.41) is 1.38. The highest BCUT2D eigenvalue weighted by Gasteiger charge is 2.03. The highest BCUT2D eigenvalue weighted by Crippen LogP contribution is 2.22. The lowest BCUT2D eigenvalue weighted by atomic mass is 10.2. The van der Waals surface area contributed by atoms with Crippen LogP contribution in [0.1, 0.15) is 5.56 Å². The van der Waals surface area contributed by atoms with Gasteiger partial charge in [-0.1, -0.05) is 17.7 Å². The van der Waals surface area contributed by atoms with Gasteiger partial charge < -0.3 is 4.42 Å². The molecule has 1 aromatic carbocycles. The van der Waals surface area contributed by atoms with E-state index in [1.54, 1.807) is 31.2 Å². The van der Waals surface area contributed by atoms with Gasteiger partial charge in [0.1, 0.15) is 5.58 Å². The van der Waals surface area contributed by atoms with E-state index < -0.39 is 0 Å². The SMILES string of the molecule is Cc1cc2c(Cl)cccc2oc1=O. The Morgan fingerprint density at radius 1 is 1.38 bits per heavy atom. The van der Waals surface area contributed by atoms with Crippen molar-refractivity contribution in [2.45, 2.75) is 6.92 Å². The van der Waals surface area contributed by atoms with Crippen LogP contribution in [0.5, 0.6) is 0 Å². The first-order valence-corrected chi connectivity index (χ1v) is 4.25. The lowest BCUT2D eigenvalue weighted by Crippen LogP contribution is -2.01. The summed E-state index contributed by atoms with van der Waals surface area (Å²) in [6.07, 6.45) is 0. The Morgan fingerprint density at radius 2 is 2.15 bits per heavy atom. The van der Waals surface area contributed by atoms with Crippen molar-refractivity contribution in [2.75, 3.05) is 0 Å². The summed E-state index contributed by atoms with van der Waals surface area (Å²) in [4.78, 5) is 11.1. The molecule has 0 radical (unpaired) electrons. The van der Waals surface area contributed by atoms with Gasteiger partial charge in [-0.3, -0.25) is 0 Å². The van der Waals surface area contributed by atoms with E-state index in [0.717, 1.165) is 5.39 Å². The molecule has 0 aliphatic carbocycles. The lowest BCUT2D eigenvalue weighted by molar-refractivity contribution is 0.555. The Kier molecular flexibility index (Phi) is 1.85. The number of benzene rings is 1. The summed E-state index contributed by atoms with van der Waals surface area (Å²) >= 11 is 5.92. The van der Waals surface area contributed by atoms with E-state index in [4.69, 9.17) is 16.0 Å². The molecule has 0 fully saturated rings. The van der Waals surface area contributed by atoms with E-state index >= 15 is 0 Å². The van der Waals surface area contributed by atoms with Crippen molar-refractivity contribution in [3.8, 4) is 0 Å². The first kappa shape index (κ1) is 8.32. The van der Waals surface area contributed by atoms with E-state index in [0.29, 0.717) is 16.2 Å². The van der Waals surface area contributed by atoms with Crippen LogP contribution in [0.3, 0.4) is 0 Å². The fraction of sp³-hybridized carbons (Fsp3) is 0.100. The van der Waals surface area contributed by atoms with Gasteiger partial charge in [-0.2, -0.15) is 0 Å². The van der Waals surface area contributed by atoms with Gasteiger partial charge >= 0.3 is 5.63 Å². The molecule has 13 heavy (non-hydrogen) atoms. The number of halogens is 1. The van der Waals surface area contributed by atoms with Crippen LogP contribution in [0.2, 0.25) is 5.02 Å². The summed E-state index contributed by atoms with van der Waals surface area (Å²) in [5.74, 6) is 0. The van der Waals surface area contributed by atoms with Gasteiger partial charge in [0.25, 0.3) is 0 Å². The molecule has 0 saturated carbocycles. The van der Waals surface area contributed by atoms with Crippen molar-refractivity contribution < 1.29 is 4.42 Å². The maximum atomic E-state index is 11.1. The zero-order valence-corrected chi connectivity index (χ0v) is 7.76. The van der Waals surface area contributed by atoms with Crippen molar-refractivity contribution in [3.63, 3.8) is 0 Å². The zero-order valence-electron chi connectivity index (χ0n) is 7.00. The fourth-order valence-corrected chi connectivity index (χ4v) is 1.42. The fourth-order valence-electron chi connectivity index (χ4n) is 1.20. The number of hydrogen-bond donors (Lipinski definition) is 0. The van der Waals surface area contributed by atoms with Crippen LogP contribution in [0, 0.1) is 6.92 Å². The van der Waals surface area contributed by atoms with Crippen molar-refractivity contribution in [2.24, 2.45) is 0 Å². The zero-order chi connectivity index (χ0) is 9.42. The molecule has 0 aliphatic heterocycles. The van der Waals surface area contributed by atoms with Crippen LogP contribution in [-0.2, 0) is 0 Å². The molecule has 0 unspecified atom stereocenters. The molecule has 1 heterocycles. The minimum absolute atomic E-state index is 0.310. The number of rotatable bonds is 0. The third-order valence-electron chi connectivity index (χ3n) is 1.90. The summed E-state index contributed by atoms with van der Waals surface area (Å²) in [6, 6.07) is 6.98. The lowest BCUT2D eigenvalue weighted by Gasteiger charge is -1.98. The first-order chi connectivity index (χ1) is 6.18. The third-order valence-corrected chi connectivity index (χ3v) is 2.23. The Hall–Kier alpha value is -1.28. The molecule has 0 aliphatic rings. The molecule has 2 nitrogen and oxygen atoms in total. The van der Waals surface area contributed by atoms with E-state index in [9.17, 15) is 4.79 Å². The van der Waals surface area contributed by atoms with Gasteiger partial charge in [0.15, 0.2) is 0 Å². The van der Waals surface area contributed by atoms with Crippen molar-refractivity contribution >= 4 is 22.6 Å². The van der Waals surface area contributed by atoms with Crippen LogP contribution < -0.4 is 5.63 Å². The minimum atomic E-state index is -0.310. The molecule has 1 aromatic heterocycles. The summed E-state index contributed by atoms with van der Waals surface area (Å²) < 4.78 is 5.03. The molecule has 2 aromatic rings. The second-order valence-electron chi connectivity index (χ2n) is 2.87. The number of aryl methyl sites for hydroxylation is 1. The normalized spacial score (nSPS) is 10.6. The highest BCUT2D eigenvalue weighted by molar-refractivity contribution is 6.35. The monoisotopic (exact) mass is 194 g/mol. The van der Waals surface area contributed by atoms with E-state index in [1.165, 1.54) is 0 Å². The standard InChI is InChI=1S/C10H7ClO2/c1-6-5-7-8(11)3-2-4-9(7)13-10(6)12/h2-5H,1H3. The van der Waals surface area contributed by atoms with Gasteiger partial charge in [-0.25, -0.2) is 4.79 Å². The van der Waals surface area contributed by atoms with Gasteiger partial charge in [0.05, 0.1) is 5.02 Å². The molecule has 66 valence electrons. The van der Waals surface area contributed by atoms with Crippen LogP contribution >= 0.6 is 11.6 Å². The van der Waals surface area contributed by atoms with Crippen molar-refractivity contribution in [3.05, 3.63) is 45.3 Å². The topological polar surface area (TPSA) is 30.2 Å². The Balaban J connectivity index is 2.97. The van der Waals surface area contributed by atoms with Crippen LogP contribution in [-0.4, -0.2) is 0 Å². The average molecular weight is 195 g/mol. The quantitative estimate of drug-likeness (QED) is 0.604. The van der Waals surface area contributed by atoms with Crippen LogP contribution in [0.25, 0.3) is 11.0 Å². The molecule has 3 heteroatoms. The average Bonchev–Trinajstić information content (AvgIpc) is 2.09. The van der Waals surface area contributed by atoms with Gasteiger partial charge in [0.2, 0.25) is 0 Å². The largest absolute Gasteiger partial charge is 0.422 e. The molecule has 0 bridgehead atoms. The van der Waals surface area contributed by atoms with Crippen LogP contribution in [0.4, 0.5) is 0 Å². The third kappa shape index (κ3) is 1.33. The second-order valence-corrected chi connectivity index (χ2v) is 3.28. The molecule has 0 amide bonds. The summed E-state index contributed by atoms with van der Waals surface area (Å²) in [7, 11) is 0. The summed E-state index contributed by atoms with van der Waals surface area (Å²) in [5.41, 5.74) is 0.790. The van der Waals surface area contributed by atoms with Gasteiger partial charge in [-0.05, 0) is 25.1 Å². The predicted molar refractivity (Wildman–Crippen MR) is 52.2 cm³/mol. The Labute approximate surface area is 79.7 Å². The van der Waals surface area contributed by atoms with Gasteiger partial charge in [-0.15, -0.1) is 0 Å². The Bertz CT molecular complexity index is 514. The molecule has 2 rings (SSSR count). The van der Waals surface area contributed by atoms with Crippen molar-refractivity contribution in [1.82, 2.24) is 0 Å². The van der Waals surface area contributed by atoms with E-state index in [2.05, 4.69) is 0 Å². The van der Waals surface area contributed by atoms with Crippen LogP contribution in [0.15, 0.2) is 33.5 Å². The van der Waals surface area contributed by atoms with Gasteiger partial charge in [0, 0.05) is 10.9 Å². The smallest absolute Gasteiger partial charge is 0.339 e. The van der Waals surface area contributed by atoms with E-state index in [-0.39, 0.29) is 5.63 Å². The first-order valence-electron chi connectivity index (χ1n) is 3.87. The molecular formula is C10H7ClO2. The molecular weight excluding hydrogens is 188 g/mol. The predicted octanol–water partition coefficient (Wildman–Crippen LogP) is 2.75. The summed E-state index contributed by atoms with van der Waals surface area (Å²) in [6.45, 7) is 1.70. The maximum Gasteiger partial charge on any atom is 0.339 e. The molecule has 0 saturated heterocycles. The highest BCUT2D eigenvalue weighted by atomic mass is 35.5. The molecule has 0 atom stereocenters. The molecule has 0 N–H and O–H groups in total. The maximum absolute atomic E-state index is 11.1. The second kappa shape index (κ2) is 2.89. The molecule has 0 spiro atoms. The minimum Gasteiger partial charge on any atom is -0.422 e. The Morgan fingerprint density at radius 3 is 2.92 bits per heavy atom. The number of hydrogen-bond acceptors (Lipinski definition) is 2. The van der Waals surface area contributed by atoms with E-state index in [1.807, 2.05) is 0 Å². The van der Waals surface area contributed by atoms with Crippen molar-refractivity contribution in [1.29, 1.82) is 0 Å².